The average Bonchev–Trinajstić information content (AvgIpc) is 2.59. The molecular formula is C21H34ClN3O2. The molecule has 27 heavy (non-hydrogen) atoms. The van der Waals surface area contributed by atoms with Gasteiger partial charge in [0.1, 0.15) is 11.7 Å². The lowest BCUT2D eigenvalue weighted by Crippen LogP contribution is -2.39. The maximum absolute atomic E-state index is 12.2. The van der Waals surface area contributed by atoms with Gasteiger partial charge in [-0.05, 0) is 52.3 Å². The van der Waals surface area contributed by atoms with Crippen molar-refractivity contribution in [2.24, 2.45) is 0 Å². The third-order valence-electron chi connectivity index (χ3n) is 3.62. The molecule has 2 atom stereocenters. The van der Waals surface area contributed by atoms with Gasteiger partial charge in [0.05, 0.1) is 17.0 Å². The van der Waals surface area contributed by atoms with Crippen LogP contribution >= 0.6 is 11.6 Å². The van der Waals surface area contributed by atoms with Crippen molar-refractivity contribution < 1.29 is 9.53 Å². The largest absolute Gasteiger partial charge is 0.460 e. The SMILES string of the molecule is CC.CCC(C)NCC(CC(=O)OC(C)(C)C)Nc1ccc(C#N)c(Cl)c1. The molecule has 2 unspecified atom stereocenters. The Labute approximate surface area is 169 Å². The first-order valence-corrected chi connectivity index (χ1v) is 9.93. The number of nitrogens with one attached hydrogen (secondary N) is 2. The fraction of sp³-hybridized carbons (Fsp3) is 0.619. The molecule has 0 saturated heterocycles. The lowest BCUT2D eigenvalue weighted by atomic mass is 10.1. The molecule has 5 nitrogen and oxygen atoms in total. The summed E-state index contributed by atoms with van der Waals surface area (Å²) in [5.41, 5.74) is 0.681. The van der Waals surface area contributed by atoms with Crippen LogP contribution in [0.3, 0.4) is 0 Å². The van der Waals surface area contributed by atoms with Crippen LogP contribution in [0.2, 0.25) is 5.02 Å². The second-order valence-corrected chi connectivity index (χ2v) is 7.56. The van der Waals surface area contributed by atoms with E-state index in [4.69, 9.17) is 21.6 Å². The number of nitrogens with zero attached hydrogens (tertiary/aromatic N) is 1. The summed E-state index contributed by atoms with van der Waals surface area (Å²) in [7, 11) is 0. The van der Waals surface area contributed by atoms with Gasteiger partial charge in [0.25, 0.3) is 0 Å². The summed E-state index contributed by atoms with van der Waals surface area (Å²) in [5, 5.41) is 16.1. The van der Waals surface area contributed by atoms with Gasteiger partial charge < -0.3 is 15.4 Å². The van der Waals surface area contributed by atoms with Gasteiger partial charge in [-0.15, -0.1) is 0 Å². The zero-order valence-electron chi connectivity index (χ0n) is 17.6. The lowest BCUT2D eigenvalue weighted by molar-refractivity contribution is -0.155. The summed E-state index contributed by atoms with van der Waals surface area (Å²) in [6, 6.07) is 7.40. The molecule has 152 valence electrons. The van der Waals surface area contributed by atoms with Crippen LogP contribution in [0.1, 0.15) is 66.9 Å². The van der Waals surface area contributed by atoms with Crippen molar-refractivity contribution in [2.75, 3.05) is 11.9 Å². The van der Waals surface area contributed by atoms with Crippen LogP contribution < -0.4 is 10.6 Å². The smallest absolute Gasteiger partial charge is 0.308 e. The van der Waals surface area contributed by atoms with Gasteiger partial charge in [-0.3, -0.25) is 4.79 Å². The molecule has 2 N–H and O–H groups in total. The Hall–Kier alpha value is -1.77. The molecule has 1 aromatic carbocycles. The summed E-state index contributed by atoms with van der Waals surface area (Å²) in [5.74, 6) is -0.254. The average molecular weight is 396 g/mol. The van der Waals surface area contributed by atoms with Gasteiger partial charge >= 0.3 is 5.97 Å². The van der Waals surface area contributed by atoms with Gasteiger partial charge in [0.15, 0.2) is 0 Å². The van der Waals surface area contributed by atoms with E-state index >= 15 is 0 Å². The molecule has 0 aromatic heterocycles. The van der Waals surface area contributed by atoms with Crippen LogP contribution in [0.5, 0.6) is 0 Å². The minimum absolute atomic E-state index is 0.146. The van der Waals surface area contributed by atoms with E-state index in [0.717, 1.165) is 12.1 Å². The predicted octanol–water partition coefficient (Wildman–Crippen LogP) is 5.14. The number of carbonyl (C=O) groups is 1. The Morgan fingerprint density at radius 1 is 1.33 bits per heavy atom. The molecule has 0 bridgehead atoms. The first kappa shape index (κ1) is 25.2. The van der Waals surface area contributed by atoms with Gasteiger partial charge in [0.2, 0.25) is 0 Å². The molecule has 0 heterocycles. The number of benzene rings is 1. The van der Waals surface area contributed by atoms with Crippen molar-refractivity contribution in [2.45, 2.75) is 79.0 Å². The number of hydrogen-bond acceptors (Lipinski definition) is 5. The maximum Gasteiger partial charge on any atom is 0.308 e. The van der Waals surface area contributed by atoms with E-state index in [2.05, 4.69) is 24.5 Å². The topological polar surface area (TPSA) is 74.2 Å². The van der Waals surface area contributed by atoms with Crippen molar-refractivity contribution in [3.63, 3.8) is 0 Å². The fourth-order valence-electron chi connectivity index (χ4n) is 2.18. The Bertz CT molecular complexity index is 621. The number of anilines is 1. The molecular weight excluding hydrogens is 362 g/mol. The molecule has 0 aliphatic carbocycles. The van der Waals surface area contributed by atoms with Gasteiger partial charge in [-0.2, -0.15) is 5.26 Å². The molecule has 0 radical (unpaired) electrons. The van der Waals surface area contributed by atoms with E-state index in [0.29, 0.717) is 23.2 Å². The molecule has 0 aliphatic heterocycles. The minimum atomic E-state index is -0.510. The monoisotopic (exact) mass is 395 g/mol. The quantitative estimate of drug-likeness (QED) is 0.596. The normalized spacial score (nSPS) is 12.9. The van der Waals surface area contributed by atoms with E-state index in [1.807, 2.05) is 40.7 Å². The highest BCUT2D eigenvalue weighted by atomic mass is 35.5. The molecule has 0 spiro atoms. The standard InChI is InChI=1S/C19H28ClN3O2.C2H6/c1-6-13(2)22-12-16(10-18(24)25-19(3,4)5)23-15-8-7-14(11-21)17(20)9-15;1-2/h7-9,13,16,22-23H,6,10,12H2,1-5H3;1-2H3. The third kappa shape index (κ3) is 10.8. The molecule has 0 aliphatic rings. The highest BCUT2D eigenvalue weighted by Crippen LogP contribution is 2.21. The number of hydrogen-bond donors (Lipinski definition) is 2. The molecule has 1 rings (SSSR count). The molecule has 0 amide bonds. The van der Waals surface area contributed by atoms with Crippen LogP contribution in [-0.4, -0.2) is 30.2 Å². The van der Waals surface area contributed by atoms with Crippen molar-refractivity contribution >= 4 is 23.3 Å². The van der Waals surface area contributed by atoms with Crippen molar-refractivity contribution in [1.82, 2.24) is 5.32 Å². The number of nitriles is 1. The van der Waals surface area contributed by atoms with Gasteiger partial charge in [0, 0.05) is 24.3 Å². The second kappa shape index (κ2) is 12.6. The van der Waals surface area contributed by atoms with E-state index < -0.39 is 5.60 Å². The number of halogens is 1. The van der Waals surface area contributed by atoms with E-state index in [9.17, 15) is 4.79 Å². The van der Waals surface area contributed by atoms with E-state index in [-0.39, 0.29) is 18.4 Å². The van der Waals surface area contributed by atoms with Crippen molar-refractivity contribution in [3.05, 3.63) is 28.8 Å². The lowest BCUT2D eigenvalue weighted by Gasteiger charge is -2.25. The Kier molecular flexibility index (Phi) is 11.8. The summed E-state index contributed by atoms with van der Waals surface area (Å²) in [6.45, 7) is 14.4. The summed E-state index contributed by atoms with van der Waals surface area (Å²) in [4.78, 5) is 12.2. The second-order valence-electron chi connectivity index (χ2n) is 7.16. The van der Waals surface area contributed by atoms with Crippen LogP contribution in [0.25, 0.3) is 0 Å². The zero-order chi connectivity index (χ0) is 21.0. The van der Waals surface area contributed by atoms with Crippen molar-refractivity contribution in [1.29, 1.82) is 5.26 Å². The first-order valence-electron chi connectivity index (χ1n) is 9.56. The molecule has 0 saturated carbocycles. The fourth-order valence-corrected chi connectivity index (χ4v) is 2.40. The summed E-state index contributed by atoms with van der Waals surface area (Å²) in [6.07, 6.45) is 1.24. The minimum Gasteiger partial charge on any atom is -0.460 e. The number of carbonyl (C=O) groups excluding carboxylic acids is 1. The highest BCUT2D eigenvalue weighted by Gasteiger charge is 2.21. The third-order valence-corrected chi connectivity index (χ3v) is 3.93. The molecule has 6 heteroatoms. The number of rotatable bonds is 8. The van der Waals surface area contributed by atoms with Crippen LogP contribution in [0.4, 0.5) is 5.69 Å². The first-order chi connectivity index (χ1) is 12.6. The van der Waals surface area contributed by atoms with Crippen molar-refractivity contribution in [3.8, 4) is 6.07 Å². The van der Waals surface area contributed by atoms with E-state index in [1.165, 1.54) is 0 Å². The number of esters is 1. The Morgan fingerprint density at radius 2 is 1.96 bits per heavy atom. The van der Waals surface area contributed by atoms with Crippen LogP contribution in [0, 0.1) is 11.3 Å². The van der Waals surface area contributed by atoms with Gasteiger partial charge in [-0.25, -0.2) is 0 Å². The maximum atomic E-state index is 12.2. The summed E-state index contributed by atoms with van der Waals surface area (Å²) >= 11 is 6.09. The zero-order valence-corrected chi connectivity index (χ0v) is 18.4. The molecule has 1 aromatic rings. The predicted molar refractivity (Wildman–Crippen MR) is 113 cm³/mol. The summed E-state index contributed by atoms with van der Waals surface area (Å²) < 4.78 is 5.42. The van der Waals surface area contributed by atoms with Crippen LogP contribution in [0.15, 0.2) is 18.2 Å². The van der Waals surface area contributed by atoms with E-state index in [1.54, 1.807) is 18.2 Å². The number of ether oxygens (including phenoxy) is 1. The van der Waals surface area contributed by atoms with Gasteiger partial charge in [-0.1, -0.05) is 32.4 Å². The molecule has 0 fully saturated rings. The Morgan fingerprint density at radius 3 is 2.44 bits per heavy atom. The highest BCUT2D eigenvalue weighted by molar-refractivity contribution is 6.32. The van der Waals surface area contributed by atoms with Crippen LogP contribution in [-0.2, 0) is 9.53 Å². The Balaban J connectivity index is 0.00000326.